The first-order valence-corrected chi connectivity index (χ1v) is 11.0. The molecular weight excluding hydrogens is 421 g/mol. The monoisotopic (exact) mass is 449 g/mol. The van der Waals surface area contributed by atoms with Gasteiger partial charge in [0.05, 0.1) is 12.8 Å². The third-order valence-electron chi connectivity index (χ3n) is 4.40. The molecule has 0 radical (unpaired) electrons. The minimum absolute atomic E-state index is 0.204. The van der Waals surface area contributed by atoms with Crippen molar-refractivity contribution in [2.24, 2.45) is 5.16 Å². The number of ether oxygens (including phenoxy) is 2. The number of hydrogen-bond acceptors (Lipinski definition) is 4. The predicted octanol–water partition coefficient (Wildman–Crippen LogP) is 6.86. The van der Waals surface area contributed by atoms with Gasteiger partial charge < -0.3 is 14.3 Å². The maximum atomic E-state index is 6.06. The first kappa shape index (κ1) is 24.1. The lowest BCUT2D eigenvalue weighted by Gasteiger charge is -2.15. The summed E-state index contributed by atoms with van der Waals surface area (Å²) in [6.45, 7) is 5.75. The number of unbranched alkanes of at least 4 members (excludes halogenated alkanes) is 2. The topological polar surface area (TPSA) is 40.0 Å². The summed E-state index contributed by atoms with van der Waals surface area (Å²) in [5.74, 6) is 1.73. The van der Waals surface area contributed by atoms with Gasteiger partial charge in [-0.05, 0) is 67.5 Å². The van der Waals surface area contributed by atoms with Crippen LogP contribution >= 0.6 is 23.2 Å². The van der Waals surface area contributed by atoms with Crippen LogP contribution in [0.25, 0.3) is 0 Å². The molecule has 0 unspecified atom stereocenters. The van der Waals surface area contributed by atoms with E-state index >= 15 is 0 Å². The molecule has 162 valence electrons. The molecule has 2 aromatic rings. The molecule has 2 aromatic carbocycles. The molecule has 0 saturated heterocycles. The van der Waals surface area contributed by atoms with Gasteiger partial charge in [0.25, 0.3) is 0 Å². The molecule has 30 heavy (non-hydrogen) atoms. The molecule has 0 aliphatic heterocycles. The van der Waals surface area contributed by atoms with E-state index in [2.05, 4.69) is 12.1 Å². The van der Waals surface area contributed by atoms with Crippen molar-refractivity contribution in [3.63, 3.8) is 0 Å². The molecule has 2 rings (SSSR count). The molecule has 0 aromatic heterocycles. The van der Waals surface area contributed by atoms with Gasteiger partial charge in [-0.25, -0.2) is 0 Å². The Balaban J connectivity index is 1.68. The summed E-state index contributed by atoms with van der Waals surface area (Å²) in [6.07, 6.45) is 7.14. The minimum Gasteiger partial charge on any atom is -0.493 e. The van der Waals surface area contributed by atoms with Crippen LogP contribution in [0, 0.1) is 6.92 Å². The smallest absolute Gasteiger partial charge is 0.125 e. The number of nitrogens with zero attached hydrogens (tertiary/aromatic N) is 1. The Morgan fingerprint density at radius 3 is 2.50 bits per heavy atom. The summed E-state index contributed by atoms with van der Waals surface area (Å²) in [7, 11) is 0. The van der Waals surface area contributed by atoms with Crippen LogP contribution in [0.4, 0.5) is 0 Å². The van der Waals surface area contributed by atoms with Crippen molar-refractivity contribution in [1.29, 1.82) is 0 Å². The summed E-state index contributed by atoms with van der Waals surface area (Å²) >= 11 is 11.2. The molecule has 0 aliphatic carbocycles. The van der Waals surface area contributed by atoms with E-state index in [0.29, 0.717) is 19.8 Å². The molecule has 0 N–H and O–H groups in total. The Morgan fingerprint density at radius 2 is 1.77 bits per heavy atom. The predicted molar refractivity (Wildman–Crippen MR) is 125 cm³/mol. The molecule has 0 saturated carbocycles. The van der Waals surface area contributed by atoms with Crippen LogP contribution in [-0.2, 0) is 11.3 Å². The number of benzene rings is 2. The second kappa shape index (κ2) is 13.9. The van der Waals surface area contributed by atoms with Crippen molar-refractivity contribution in [3.8, 4) is 11.5 Å². The summed E-state index contributed by atoms with van der Waals surface area (Å²) in [6, 6.07) is 13.9. The summed E-state index contributed by atoms with van der Waals surface area (Å²) in [5, 5.41) is 3.99. The molecule has 0 amide bonds. The zero-order valence-electron chi connectivity index (χ0n) is 17.6. The number of oxime groups is 1. The van der Waals surface area contributed by atoms with Crippen LogP contribution in [-0.4, -0.2) is 26.0 Å². The Hall–Kier alpha value is -2.17. The van der Waals surface area contributed by atoms with E-state index in [1.807, 2.05) is 49.4 Å². The van der Waals surface area contributed by atoms with Gasteiger partial charge in [-0.1, -0.05) is 65.6 Å². The molecule has 6 heteroatoms. The molecular formula is C24H29Cl2NO3. The fourth-order valence-electron chi connectivity index (χ4n) is 2.87. The standard InChI is InChI=1S/C24H29Cl2NO3/c1-3-21-17-22(28-15-12-23(25)26)16-19(2)24(21)29-13-8-5-9-14-30-27-18-20-10-6-4-7-11-20/h4,6-7,10-12,16-18H,3,5,8-9,13-15H2,1-2H3/b27-18+. The summed E-state index contributed by atoms with van der Waals surface area (Å²) in [5.41, 5.74) is 3.22. The van der Waals surface area contributed by atoms with Crippen molar-refractivity contribution in [1.82, 2.24) is 0 Å². The number of halogens is 2. The van der Waals surface area contributed by atoms with Gasteiger partial charge in [-0.3, -0.25) is 0 Å². The number of aryl methyl sites for hydroxylation is 2. The maximum absolute atomic E-state index is 6.06. The van der Waals surface area contributed by atoms with Crippen molar-refractivity contribution in [3.05, 3.63) is 69.7 Å². The largest absolute Gasteiger partial charge is 0.493 e. The summed E-state index contributed by atoms with van der Waals surface area (Å²) in [4.78, 5) is 5.31. The van der Waals surface area contributed by atoms with Gasteiger partial charge in [0.15, 0.2) is 0 Å². The highest BCUT2D eigenvalue weighted by atomic mass is 35.5. The molecule has 0 heterocycles. The first-order valence-electron chi connectivity index (χ1n) is 10.2. The normalized spacial score (nSPS) is 10.8. The van der Waals surface area contributed by atoms with Crippen LogP contribution in [0.1, 0.15) is 42.9 Å². The van der Waals surface area contributed by atoms with Crippen LogP contribution in [0.5, 0.6) is 11.5 Å². The second-order valence-electron chi connectivity index (χ2n) is 6.77. The maximum Gasteiger partial charge on any atom is 0.125 e. The second-order valence-corrected chi connectivity index (χ2v) is 7.78. The van der Waals surface area contributed by atoms with Crippen molar-refractivity contribution in [2.75, 3.05) is 19.8 Å². The van der Waals surface area contributed by atoms with Gasteiger partial charge in [0, 0.05) is 0 Å². The fourth-order valence-corrected chi connectivity index (χ4v) is 3.00. The quantitative estimate of drug-likeness (QED) is 0.190. The highest BCUT2D eigenvalue weighted by Gasteiger charge is 2.09. The minimum atomic E-state index is 0.204. The van der Waals surface area contributed by atoms with E-state index in [9.17, 15) is 0 Å². The lowest BCUT2D eigenvalue weighted by atomic mass is 10.1. The van der Waals surface area contributed by atoms with Crippen LogP contribution in [0.15, 0.2) is 58.2 Å². The highest BCUT2D eigenvalue weighted by molar-refractivity contribution is 6.55. The first-order chi connectivity index (χ1) is 14.6. The third kappa shape index (κ3) is 9.10. The third-order valence-corrected chi connectivity index (χ3v) is 4.70. The lowest BCUT2D eigenvalue weighted by Crippen LogP contribution is -2.04. The highest BCUT2D eigenvalue weighted by Crippen LogP contribution is 2.30. The number of hydrogen-bond donors (Lipinski definition) is 0. The van der Waals surface area contributed by atoms with Crippen LogP contribution < -0.4 is 9.47 Å². The number of rotatable bonds is 13. The molecule has 0 bridgehead atoms. The Bertz CT molecular complexity index is 819. The zero-order chi connectivity index (χ0) is 21.6. The van der Waals surface area contributed by atoms with E-state index in [0.717, 1.165) is 53.9 Å². The average Bonchev–Trinajstić information content (AvgIpc) is 2.74. The Morgan fingerprint density at radius 1 is 1.00 bits per heavy atom. The van der Waals surface area contributed by atoms with E-state index in [1.165, 1.54) is 0 Å². The van der Waals surface area contributed by atoms with E-state index in [4.69, 9.17) is 37.5 Å². The molecule has 0 spiro atoms. The van der Waals surface area contributed by atoms with Crippen molar-refractivity contribution in [2.45, 2.75) is 39.5 Å². The molecule has 0 fully saturated rings. The lowest BCUT2D eigenvalue weighted by molar-refractivity contribution is 0.140. The Labute approximate surface area is 189 Å². The van der Waals surface area contributed by atoms with Crippen molar-refractivity contribution >= 4 is 29.4 Å². The van der Waals surface area contributed by atoms with Gasteiger partial charge in [-0.15, -0.1) is 0 Å². The van der Waals surface area contributed by atoms with Gasteiger partial charge in [0.2, 0.25) is 0 Å². The fraction of sp³-hybridized carbons (Fsp3) is 0.375. The van der Waals surface area contributed by atoms with E-state index in [-0.39, 0.29) is 4.49 Å². The zero-order valence-corrected chi connectivity index (χ0v) is 19.1. The van der Waals surface area contributed by atoms with Gasteiger partial charge in [0.1, 0.15) is 29.2 Å². The van der Waals surface area contributed by atoms with Gasteiger partial charge >= 0.3 is 0 Å². The Kier molecular flexibility index (Phi) is 11.2. The van der Waals surface area contributed by atoms with E-state index in [1.54, 1.807) is 12.3 Å². The SMILES string of the molecule is CCc1cc(OCC=C(Cl)Cl)cc(C)c1OCCCCCO/N=C/c1ccccc1. The van der Waals surface area contributed by atoms with Crippen LogP contribution in [0.3, 0.4) is 0 Å². The van der Waals surface area contributed by atoms with Crippen molar-refractivity contribution < 1.29 is 14.3 Å². The van der Waals surface area contributed by atoms with E-state index < -0.39 is 0 Å². The van der Waals surface area contributed by atoms with Gasteiger partial charge in [-0.2, -0.15) is 0 Å². The molecule has 0 atom stereocenters. The van der Waals surface area contributed by atoms with Crippen LogP contribution in [0.2, 0.25) is 0 Å². The molecule has 4 nitrogen and oxygen atoms in total. The average molecular weight is 450 g/mol. The molecule has 0 aliphatic rings. The summed E-state index contributed by atoms with van der Waals surface area (Å²) < 4.78 is 12.0.